The summed E-state index contributed by atoms with van der Waals surface area (Å²) in [6, 6.07) is 13.9. The van der Waals surface area contributed by atoms with Crippen molar-refractivity contribution in [3.05, 3.63) is 82.6 Å². The van der Waals surface area contributed by atoms with E-state index in [-0.39, 0.29) is 23.2 Å². The number of nitriles is 1. The topological polar surface area (TPSA) is 105 Å². The standard InChI is InChI=1S/C27H19FN6O2/c1-33-14-30-32-26(33)20-6-15(11-29)2-5-19(20)18-9-24(17-3-4-17)31-25(10-18)34-12-22-21(27(34)36)7-16(13-35)8-23(22)28/h2,5-10,13-14,17H,3-4,12H2,1H3. The van der Waals surface area contributed by atoms with Gasteiger partial charge in [0.05, 0.1) is 18.2 Å². The quantitative estimate of drug-likeness (QED) is 0.394. The number of rotatable bonds is 5. The molecule has 2 aromatic carbocycles. The average molecular weight is 478 g/mol. The molecule has 1 aliphatic carbocycles. The minimum atomic E-state index is -0.583. The Bertz CT molecular complexity index is 1620. The number of nitrogens with zero attached hydrogens (tertiary/aromatic N) is 6. The van der Waals surface area contributed by atoms with E-state index in [1.54, 1.807) is 29.1 Å². The molecule has 0 spiro atoms. The summed E-state index contributed by atoms with van der Waals surface area (Å²) < 4.78 is 16.5. The van der Waals surface area contributed by atoms with E-state index in [1.807, 2.05) is 19.2 Å². The fraction of sp³-hybridized carbons (Fsp3) is 0.185. The summed E-state index contributed by atoms with van der Waals surface area (Å²) in [6.07, 6.45) is 4.13. The molecule has 1 fully saturated rings. The first-order valence-corrected chi connectivity index (χ1v) is 11.5. The first-order valence-electron chi connectivity index (χ1n) is 11.5. The van der Waals surface area contributed by atoms with Crippen LogP contribution >= 0.6 is 0 Å². The number of anilines is 1. The molecule has 2 aliphatic rings. The molecule has 1 aliphatic heterocycles. The van der Waals surface area contributed by atoms with Gasteiger partial charge in [-0.1, -0.05) is 6.07 Å². The number of pyridine rings is 1. The third-order valence-electron chi connectivity index (χ3n) is 6.66. The predicted octanol–water partition coefficient (Wildman–Crippen LogP) is 4.41. The van der Waals surface area contributed by atoms with Crippen molar-refractivity contribution in [2.45, 2.75) is 25.3 Å². The minimum absolute atomic E-state index is 0.0310. The van der Waals surface area contributed by atoms with Crippen molar-refractivity contribution >= 4 is 18.0 Å². The molecule has 8 nitrogen and oxygen atoms in total. The van der Waals surface area contributed by atoms with E-state index in [0.717, 1.165) is 41.3 Å². The molecule has 3 heterocycles. The van der Waals surface area contributed by atoms with Gasteiger partial charge in [-0.3, -0.25) is 14.5 Å². The number of carbonyl (C=O) groups is 2. The molecule has 1 saturated carbocycles. The van der Waals surface area contributed by atoms with Crippen LogP contribution in [0.15, 0.2) is 48.8 Å². The number of aromatic nitrogens is 4. The van der Waals surface area contributed by atoms with E-state index >= 15 is 0 Å². The highest BCUT2D eigenvalue weighted by molar-refractivity contribution is 6.10. The van der Waals surface area contributed by atoms with Crippen molar-refractivity contribution in [3.63, 3.8) is 0 Å². The maximum absolute atomic E-state index is 14.7. The summed E-state index contributed by atoms with van der Waals surface area (Å²) in [6.45, 7) is 0.0310. The largest absolute Gasteiger partial charge is 0.317 e. The van der Waals surface area contributed by atoms with Gasteiger partial charge in [0.25, 0.3) is 5.91 Å². The van der Waals surface area contributed by atoms with Crippen LogP contribution in [0.2, 0.25) is 0 Å². The van der Waals surface area contributed by atoms with Gasteiger partial charge >= 0.3 is 0 Å². The van der Waals surface area contributed by atoms with E-state index in [9.17, 15) is 19.2 Å². The van der Waals surface area contributed by atoms with Gasteiger partial charge in [-0.05, 0) is 60.4 Å². The number of benzene rings is 2. The van der Waals surface area contributed by atoms with E-state index < -0.39 is 11.7 Å². The molecule has 0 unspecified atom stereocenters. The summed E-state index contributed by atoms with van der Waals surface area (Å²) in [5.74, 6) is 0.323. The van der Waals surface area contributed by atoms with Gasteiger partial charge < -0.3 is 4.57 Å². The van der Waals surface area contributed by atoms with Crippen molar-refractivity contribution < 1.29 is 14.0 Å². The zero-order valence-electron chi connectivity index (χ0n) is 19.3. The Hall–Kier alpha value is -4.71. The Morgan fingerprint density at radius 3 is 2.64 bits per heavy atom. The fourth-order valence-electron chi connectivity index (χ4n) is 4.63. The molecule has 0 bridgehead atoms. The van der Waals surface area contributed by atoms with Crippen LogP contribution in [0.25, 0.3) is 22.5 Å². The number of hydrogen-bond donors (Lipinski definition) is 0. The van der Waals surface area contributed by atoms with Crippen LogP contribution in [0, 0.1) is 17.1 Å². The summed E-state index contributed by atoms with van der Waals surface area (Å²) in [5.41, 5.74) is 4.24. The fourth-order valence-corrected chi connectivity index (χ4v) is 4.63. The maximum atomic E-state index is 14.7. The lowest BCUT2D eigenvalue weighted by Crippen LogP contribution is -2.24. The zero-order valence-corrected chi connectivity index (χ0v) is 19.3. The van der Waals surface area contributed by atoms with Gasteiger partial charge in [0.15, 0.2) is 5.82 Å². The van der Waals surface area contributed by atoms with E-state index in [1.165, 1.54) is 11.0 Å². The van der Waals surface area contributed by atoms with Crippen molar-refractivity contribution in [1.82, 2.24) is 19.7 Å². The van der Waals surface area contributed by atoms with Gasteiger partial charge in [-0.25, -0.2) is 9.37 Å². The van der Waals surface area contributed by atoms with Gasteiger partial charge in [0, 0.05) is 40.9 Å². The third-order valence-corrected chi connectivity index (χ3v) is 6.66. The second-order valence-corrected chi connectivity index (χ2v) is 9.09. The van der Waals surface area contributed by atoms with Crippen LogP contribution in [0.1, 0.15) is 56.3 Å². The summed E-state index contributed by atoms with van der Waals surface area (Å²) in [7, 11) is 1.83. The number of carbonyl (C=O) groups excluding carboxylic acids is 2. The lowest BCUT2D eigenvalue weighted by Gasteiger charge is -2.18. The third kappa shape index (κ3) is 3.55. The van der Waals surface area contributed by atoms with E-state index in [2.05, 4.69) is 16.3 Å². The van der Waals surface area contributed by atoms with Crippen LogP contribution < -0.4 is 4.90 Å². The highest BCUT2D eigenvalue weighted by Crippen LogP contribution is 2.43. The van der Waals surface area contributed by atoms with Gasteiger partial charge in [0.1, 0.15) is 24.2 Å². The van der Waals surface area contributed by atoms with Gasteiger partial charge in [-0.2, -0.15) is 5.26 Å². The first-order chi connectivity index (χ1) is 17.5. The molecular formula is C27H19FN6O2. The monoisotopic (exact) mass is 478 g/mol. The molecule has 36 heavy (non-hydrogen) atoms. The van der Waals surface area contributed by atoms with Crippen molar-refractivity contribution in [2.24, 2.45) is 7.05 Å². The SMILES string of the molecule is Cn1cnnc1-c1cc(C#N)ccc1-c1cc(C2CC2)nc(N2Cc3c(F)cc(C=O)cc3C2=O)c1. The molecular weight excluding hydrogens is 459 g/mol. The Labute approximate surface area is 205 Å². The number of halogens is 1. The summed E-state index contributed by atoms with van der Waals surface area (Å²) >= 11 is 0. The Kier molecular flexibility index (Phi) is 4.97. The molecule has 4 aromatic rings. The number of aryl methyl sites for hydroxylation is 1. The van der Waals surface area contributed by atoms with Gasteiger partial charge in [0.2, 0.25) is 0 Å². The van der Waals surface area contributed by atoms with Crippen LogP contribution in [0.4, 0.5) is 10.2 Å². The predicted molar refractivity (Wildman–Crippen MR) is 129 cm³/mol. The average Bonchev–Trinajstić information content (AvgIpc) is 3.58. The second-order valence-electron chi connectivity index (χ2n) is 9.09. The molecule has 6 rings (SSSR count). The highest BCUT2D eigenvalue weighted by Gasteiger charge is 2.34. The smallest absolute Gasteiger partial charge is 0.260 e. The molecule has 176 valence electrons. The maximum Gasteiger partial charge on any atom is 0.260 e. The number of aldehydes is 1. The number of fused-ring (bicyclic) bond motifs is 1. The number of hydrogen-bond acceptors (Lipinski definition) is 6. The van der Waals surface area contributed by atoms with Crippen LogP contribution in [0.5, 0.6) is 0 Å². The normalized spacial score (nSPS) is 14.6. The molecule has 0 saturated heterocycles. The van der Waals surface area contributed by atoms with E-state index in [0.29, 0.717) is 29.4 Å². The number of amides is 1. The summed E-state index contributed by atoms with van der Waals surface area (Å²) in [5, 5.41) is 17.7. The molecule has 9 heteroatoms. The molecule has 0 N–H and O–H groups in total. The summed E-state index contributed by atoms with van der Waals surface area (Å²) in [4.78, 5) is 30.7. The Morgan fingerprint density at radius 1 is 1.11 bits per heavy atom. The molecule has 1 amide bonds. The molecule has 0 radical (unpaired) electrons. The van der Waals surface area contributed by atoms with Crippen LogP contribution in [0.3, 0.4) is 0 Å². The van der Waals surface area contributed by atoms with Crippen LogP contribution in [-0.2, 0) is 13.6 Å². The van der Waals surface area contributed by atoms with E-state index in [4.69, 9.17) is 4.98 Å². The van der Waals surface area contributed by atoms with Crippen molar-refractivity contribution in [1.29, 1.82) is 5.26 Å². The van der Waals surface area contributed by atoms with Crippen molar-refractivity contribution in [3.8, 4) is 28.6 Å². The van der Waals surface area contributed by atoms with Gasteiger partial charge in [-0.15, -0.1) is 10.2 Å². The lowest BCUT2D eigenvalue weighted by molar-refractivity contribution is 0.0996. The Morgan fingerprint density at radius 2 is 1.94 bits per heavy atom. The van der Waals surface area contributed by atoms with Crippen LogP contribution in [-0.4, -0.2) is 31.9 Å². The van der Waals surface area contributed by atoms with Crippen molar-refractivity contribution in [2.75, 3.05) is 4.90 Å². The minimum Gasteiger partial charge on any atom is -0.317 e. The Balaban J connectivity index is 1.50. The second kappa shape index (κ2) is 8.20. The molecule has 0 atom stereocenters. The first kappa shape index (κ1) is 21.8. The highest BCUT2D eigenvalue weighted by atomic mass is 19.1. The zero-order chi connectivity index (χ0) is 25.0. The molecule has 2 aromatic heterocycles. The lowest BCUT2D eigenvalue weighted by atomic mass is 9.96.